The lowest BCUT2D eigenvalue weighted by molar-refractivity contribution is -0.156. The molecule has 5 nitrogen and oxygen atoms in total. The van der Waals surface area contributed by atoms with E-state index in [4.69, 9.17) is 4.74 Å². The molecule has 3 aliphatic carbocycles. The van der Waals surface area contributed by atoms with Gasteiger partial charge in [-0.1, -0.05) is 20.8 Å². The lowest BCUT2D eigenvalue weighted by Crippen LogP contribution is -2.57. The fourth-order valence-electron chi connectivity index (χ4n) is 4.69. The molecule has 0 amide bonds. The van der Waals surface area contributed by atoms with Gasteiger partial charge < -0.3 is 4.74 Å². The van der Waals surface area contributed by atoms with E-state index in [1.807, 2.05) is 6.92 Å². The number of ether oxygens (including phenoxy) is 1. The average Bonchev–Trinajstić information content (AvgIpc) is 2.84. The van der Waals surface area contributed by atoms with E-state index in [1.165, 1.54) is 6.42 Å². The third-order valence-electron chi connectivity index (χ3n) is 6.32. The molecule has 5 rings (SSSR count). The Morgan fingerprint density at radius 1 is 1.39 bits per heavy atom. The zero-order chi connectivity index (χ0) is 16.4. The number of carbonyl (C=O) groups excluding carboxylic acids is 1. The van der Waals surface area contributed by atoms with E-state index in [2.05, 4.69) is 30.9 Å². The van der Waals surface area contributed by atoms with Gasteiger partial charge in [0.25, 0.3) is 0 Å². The SMILES string of the molecule is Cc1nn2cccnc2c1C(=O)OC1CC2CC(C1C)C2(C)C. The van der Waals surface area contributed by atoms with E-state index in [0.29, 0.717) is 40.1 Å². The van der Waals surface area contributed by atoms with Crippen LogP contribution < -0.4 is 0 Å². The van der Waals surface area contributed by atoms with Crippen LogP contribution in [0.4, 0.5) is 0 Å². The standard InChI is InChI=1S/C18H23N3O2/c1-10-13-8-12(18(13,3)4)9-14(10)23-17(22)15-11(2)20-21-7-5-6-19-16(15)21/h5-7,10,12-14H,8-9H2,1-4H3. The molecule has 23 heavy (non-hydrogen) atoms. The molecule has 3 fully saturated rings. The molecule has 0 saturated heterocycles. The van der Waals surface area contributed by atoms with Gasteiger partial charge in [-0.2, -0.15) is 5.10 Å². The summed E-state index contributed by atoms with van der Waals surface area (Å²) in [7, 11) is 0. The number of aryl methyl sites for hydroxylation is 1. The van der Waals surface area contributed by atoms with Crippen LogP contribution in [0, 0.1) is 30.1 Å². The highest BCUT2D eigenvalue weighted by molar-refractivity contribution is 5.97. The Morgan fingerprint density at radius 2 is 2.17 bits per heavy atom. The molecule has 0 N–H and O–H groups in total. The van der Waals surface area contributed by atoms with Crippen LogP contribution in [0.25, 0.3) is 5.65 Å². The van der Waals surface area contributed by atoms with Gasteiger partial charge >= 0.3 is 5.97 Å². The zero-order valence-electron chi connectivity index (χ0n) is 14.1. The summed E-state index contributed by atoms with van der Waals surface area (Å²) in [5.74, 6) is 1.45. The molecule has 2 heterocycles. The van der Waals surface area contributed by atoms with Gasteiger partial charge in [0.2, 0.25) is 0 Å². The van der Waals surface area contributed by atoms with Gasteiger partial charge in [-0.05, 0) is 49.0 Å². The van der Waals surface area contributed by atoms with Gasteiger partial charge in [0.15, 0.2) is 5.65 Å². The first-order valence-corrected chi connectivity index (χ1v) is 8.40. The molecule has 0 aliphatic heterocycles. The number of aromatic nitrogens is 3. The van der Waals surface area contributed by atoms with Gasteiger partial charge in [0, 0.05) is 12.4 Å². The van der Waals surface area contributed by atoms with Crippen LogP contribution in [0.15, 0.2) is 18.5 Å². The number of esters is 1. The molecule has 2 aromatic heterocycles. The minimum Gasteiger partial charge on any atom is -0.458 e. The summed E-state index contributed by atoms with van der Waals surface area (Å²) in [6.45, 7) is 8.75. The molecular formula is C18H23N3O2. The van der Waals surface area contributed by atoms with E-state index in [0.717, 1.165) is 6.42 Å². The Hall–Kier alpha value is -1.91. The quantitative estimate of drug-likeness (QED) is 0.799. The monoisotopic (exact) mass is 313 g/mol. The molecule has 4 atom stereocenters. The maximum Gasteiger partial charge on any atom is 0.344 e. The molecule has 2 aromatic rings. The van der Waals surface area contributed by atoms with Crippen LogP contribution in [-0.2, 0) is 4.74 Å². The van der Waals surface area contributed by atoms with Crippen LogP contribution in [0.2, 0.25) is 0 Å². The lowest BCUT2D eigenvalue weighted by atomic mass is 9.45. The second-order valence-corrected chi connectivity index (χ2v) is 7.75. The zero-order valence-corrected chi connectivity index (χ0v) is 14.1. The van der Waals surface area contributed by atoms with Crippen molar-refractivity contribution in [1.82, 2.24) is 14.6 Å². The minimum atomic E-state index is -0.285. The van der Waals surface area contributed by atoms with Crippen molar-refractivity contribution in [3.05, 3.63) is 29.7 Å². The minimum absolute atomic E-state index is 0.0114. The fourth-order valence-corrected chi connectivity index (χ4v) is 4.69. The average molecular weight is 313 g/mol. The molecule has 2 bridgehead atoms. The molecule has 0 radical (unpaired) electrons. The van der Waals surface area contributed by atoms with Crippen LogP contribution in [0.3, 0.4) is 0 Å². The predicted octanol–water partition coefficient (Wildman–Crippen LogP) is 3.27. The molecule has 0 spiro atoms. The Labute approximate surface area is 136 Å². The van der Waals surface area contributed by atoms with E-state index < -0.39 is 0 Å². The third kappa shape index (κ3) is 2.02. The second-order valence-electron chi connectivity index (χ2n) is 7.75. The second kappa shape index (κ2) is 4.79. The predicted molar refractivity (Wildman–Crippen MR) is 86.1 cm³/mol. The van der Waals surface area contributed by atoms with E-state index >= 15 is 0 Å². The maximum atomic E-state index is 12.7. The fraction of sp³-hybridized carbons (Fsp3) is 0.611. The van der Waals surface area contributed by atoms with Crippen molar-refractivity contribution in [1.29, 1.82) is 0 Å². The third-order valence-corrected chi connectivity index (χ3v) is 6.32. The van der Waals surface area contributed by atoms with E-state index in [-0.39, 0.29) is 12.1 Å². The number of hydrogen-bond acceptors (Lipinski definition) is 4. The molecule has 3 saturated carbocycles. The van der Waals surface area contributed by atoms with Crippen molar-refractivity contribution in [3.8, 4) is 0 Å². The van der Waals surface area contributed by atoms with Gasteiger partial charge in [0.1, 0.15) is 11.7 Å². The Balaban J connectivity index is 1.58. The van der Waals surface area contributed by atoms with Crippen LogP contribution in [0.5, 0.6) is 0 Å². The lowest BCUT2D eigenvalue weighted by Gasteiger charge is -2.61. The van der Waals surface area contributed by atoms with Crippen molar-refractivity contribution in [3.63, 3.8) is 0 Å². The van der Waals surface area contributed by atoms with Gasteiger partial charge in [-0.3, -0.25) is 0 Å². The van der Waals surface area contributed by atoms with Crippen molar-refractivity contribution >= 4 is 11.6 Å². The van der Waals surface area contributed by atoms with E-state index in [9.17, 15) is 4.79 Å². The number of nitrogens with zero attached hydrogens (tertiary/aromatic N) is 3. The number of carbonyl (C=O) groups is 1. The van der Waals surface area contributed by atoms with Crippen molar-refractivity contribution in [2.75, 3.05) is 0 Å². The number of rotatable bonds is 2. The van der Waals surface area contributed by atoms with Crippen molar-refractivity contribution in [2.45, 2.75) is 46.6 Å². The summed E-state index contributed by atoms with van der Waals surface area (Å²) in [4.78, 5) is 17.0. The summed E-state index contributed by atoms with van der Waals surface area (Å²) in [5, 5.41) is 4.35. The normalized spacial score (nSPS) is 31.7. The van der Waals surface area contributed by atoms with E-state index in [1.54, 1.807) is 23.0 Å². The Bertz CT molecular complexity index is 780. The van der Waals surface area contributed by atoms with Gasteiger partial charge in [0.05, 0.1) is 5.69 Å². The first-order valence-electron chi connectivity index (χ1n) is 8.40. The largest absolute Gasteiger partial charge is 0.458 e. The molecule has 3 aliphatic rings. The maximum absolute atomic E-state index is 12.7. The Kier molecular flexibility index (Phi) is 3.06. The van der Waals surface area contributed by atoms with Gasteiger partial charge in [-0.25, -0.2) is 14.3 Å². The highest BCUT2D eigenvalue weighted by Gasteiger charge is 2.57. The highest BCUT2D eigenvalue weighted by Crippen LogP contribution is 2.61. The van der Waals surface area contributed by atoms with Crippen LogP contribution in [-0.4, -0.2) is 26.7 Å². The molecular weight excluding hydrogens is 290 g/mol. The summed E-state index contributed by atoms with van der Waals surface area (Å²) < 4.78 is 7.53. The molecule has 5 heteroatoms. The summed E-state index contributed by atoms with van der Waals surface area (Å²) in [6.07, 6.45) is 5.74. The van der Waals surface area contributed by atoms with Crippen LogP contribution >= 0.6 is 0 Å². The Morgan fingerprint density at radius 3 is 2.87 bits per heavy atom. The van der Waals surface area contributed by atoms with Crippen molar-refractivity contribution < 1.29 is 9.53 Å². The number of hydrogen-bond donors (Lipinski definition) is 0. The topological polar surface area (TPSA) is 56.5 Å². The van der Waals surface area contributed by atoms with Gasteiger partial charge in [-0.15, -0.1) is 0 Å². The van der Waals surface area contributed by atoms with Crippen LogP contribution in [0.1, 0.15) is 49.7 Å². The first kappa shape index (κ1) is 14.7. The molecule has 122 valence electrons. The summed E-state index contributed by atoms with van der Waals surface area (Å²) in [6, 6.07) is 1.80. The molecule has 4 unspecified atom stereocenters. The molecule has 0 aromatic carbocycles. The summed E-state index contributed by atoms with van der Waals surface area (Å²) >= 11 is 0. The van der Waals surface area contributed by atoms with Crippen molar-refractivity contribution in [2.24, 2.45) is 23.2 Å². The highest BCUT2D eigenvalue weighted by atomic mass is 16.5. The first-order chi connectivity index (χ1) is 10.9. The smallest absolute Gasteiger partial charge is 0.344 e. The summed E-state index contributed by atoms with van der Waals surface area (Å²) in [5.41, 5.74) is 2.13. The number of fused-ring (bicyclic) bond motifs is 3.